The van der Waals surface area contributed by atoms with Crippen LogP contribution in [-0.2, 0) is 0 Å². The van der Waals surface area contributed by atoms with E-state index in [0.717, 1.165) is 28.9 Å². The zero-order chi connectivity index (χ0) is 14.5. The van der Waals surface area contributed by atoms with Crippen molar-refractivity contribution in [2.24, 2.45) is 0 Å². The Kier molecular flexibility index (Phi) is 9.18. The second kappa shape index (κ2) is 9.72. The maximum Gasteiger partial charge on any atom is 0.121 e. The van der Waals surface area contributed by atoms with E-state index < -0.39 is 0 Å². The minimum atomic E-state index is 0. The van der Waals surface area contributed by atoms with Gasteiger partial charge in [0.15, 0.2) is 0 Å². The van der Waals surface area contributed by atoms with Crippen molar-refractivity contribution in [1.29, 1.82) is 0 Å². The number of fused-ring (bicyclic) bond motifs is 1. The van der Waals surface area contributed by atoms with Crippen molar-refractivity contribution in [3.63, 3.8) is 0 Å². The number of anilines is 1. The summed E-state index contributed by atoms with van der Waals surface area (Å²) in [7, 11) is 1.69. The molecular weight excluding hydrogens is 321 g/mol. The smallest absolute Gasteiger partial charge is 0.121 e. The minimum Gasteiger partial charge on any atom is -0.497 e. The van der Waals surface area contributed by atoms with Crippen molar-refractivity contribution < 1.29 is 4.74 Å². The third-order valence-electron chi connectivity index (χ3n) is 3.15. The molecule has 0 aliphatic carbocycles. The maximum absolute atomic E-state index is 5.36. The molecule has 1 aromatic carbocycles. The number of hydrogen-bond donors (Lipinski definition) is 2. The number of benzene rings is 1. The summed E-state index contributed by atoms with van der Waals surface area (Å²) in [6, 6.07) is 8.79. The predicted molar refractivity (Wildman–Crippen MR) is 99.0 cm³/mol. The molecule has 22 heavy (non-hydrogen) atoms. The van der Waals surface area contributed by atoms with Crippen LogP contribution in [0.5, 0.6) is 5.75 Å². The van der Waals surface area contributed by atoms with Gasteiger partial charge in [0.25, 0.3) is 0 Å². The first-order valence-corrected chi connectivity index (χ1v) is 7.03. The van der Waals surface area contributed by atoms with Gasteiger partial charge in [0.05, 0.1) is 18.3 Å². The van der Waals surface area contributed by atoms with E-state index in [4.69, 9.17) is 4.74 Å². The number of methoxy groups -OCH3 is 1. The largest absolute Gasteiger partial charge is 0.497 e. The summed E-state index contributed by atoms with van der Waals surface area (Å²) < 4.78 is 5.36. The first-order valence-electron chi connectivity index (χ1n) is 7.03. The lowest BCUT2D eigenvalue weighted by atomic mass is 10.1. The van der Waals surface area contributed by atoms with Crippen LogP contribution in [0, 0.1) is 0 Å². The van der Waals surface area contributed by atoms with Gasteiger partial charge in [-0.25, -0.2) is 0 Å². The summed E-state index contributed by atoms with van der Waals surface area (Å²) in [5, 5.41) is 8.02. The monoisotopic (exact) mass is 345 g/mol. The van der Waals surface area contributed by atoms with Gasteiger partial charge in [-0.05, 0) is 19.1 Å². The Morgan fingerprint density at radius 2 is 1.91 bits per heavy atom. The molecular formula is C16H25Cl2N3O. The quantitative estimate of drug-likeness (QED) is 0.833. The van der Waals surface area contributed by atoms with E-state index in [1.165, 1.54) is 0 Å². The zero-order valence-corrected chi connectivity index (χ0v) is 15.1. The molecule has 4 nitrogen and oxygen atoms in total. The van der Waals surface area contributed by atoms with Gasteiger partial charge in [-0.2, -0.15) is 0 Å². The number of hydrogen-bond acceptors (Lipinski definition) is 4. The zero-order valence-electron chi connectivity index (χ0n) is 13.4. The molecule has 0 amide bonds. The number of pyridine rings is 1. The van der Waals surface area contributed by atoms with Crippen LogP contribution >= 0.6 is 24.8 Å². The van der Waals surface area contributed by atoms with Crippen LogP contribution in [0.25, 0.3) is 10.9 Å². The molecule has 0 saturated heterocycles. The van der Waals surface area contributed by atoms with Gasteiger partial charge in [-0.1, -0.05) is 19.9 Å². The fraction of sp³-hybridized carbons (Fsp3) is 0.438. The molecule has 2 N–H and O–H groups in total. The fourth-order valence-electron chi connectivity index (χ4n) is 2.12. The molecule has 6 heteroatoms. The van der Waals surface area contributed by atoms with E-state index in [2.05, 4.69) is 36.4 Å². The molecule has 1 unspecified atom stereocenters. The van der Waals surface area contributed by atoms with Crippen LogP contribution in [0.1, 0.15) is 20.8 Å². The Morgan fingerprint density at radius 1 is 1.18 bits per heavy atom. The molecule has 0 fully saturated rings. The average Bonchev–Trinajstić information content (AvgIpc) is 2.45. The van der Waals surface area contributed by atoms with Crippen LogP contribution in [0.4, 0.5) is 5.69 Å². The van der Waals surface area contributed by atoms with E-state index in [1.54, 1.807) is 7.11 Å². The van der Waals surface area contributed by atoms with Gasteiger partial charge in [0, 0.05) is 36.3 Å². The predicted octanol–water partition coefficient (Wildman–Crippen LogP) is 3.89. The summed E-state index contributed by atoms with van der Waals surface area (Å²) in [4.78, 5) is 4.47. The third-order valence-corrected chi connectivity index (χ3v) is 3.15. The van der Waals surface area contributed by atoms with Crippen molar-refractivity contribution >= 4 is 41.4 Å². The molecule has 0 aliphatic rings. The van der Waals surface area contributed by atoms with Gasteiger partial charge in [0.1, 0.15) is 5.75 Å². The van der Waals surface area contributed by atoms with Crippen molar-refractivity contribution in [1.82, 2.24) is 10.3 Å². The van der Waals surface area contributed by atoms with Crippen molar-refractivity contribution in [3.8, 4) is 5.75 Å². The summed E-state index contributed by atoms with van der Waals surface area (Å²) in [6.07, 6.45) is 1.82. The van der Waals surface area contributed by atoms with E-state index in [-0.39, 0.29) is 24.8 Å². The van der Waals surface area contributed by atoms with Gasteiger partial charge in [-0.15, -0.1) is 24.8 Å². The lowest BCUT2D eigenvalue weighted by molar-refractivity contribution is 0.415. The Labute approximate surface area is 144 Å². The number of rotatable bonds is 6. The van der Waals surface area contributed by atoms with Crippen LogP contribution in [0.3, 0.4) is 0 Å². The number of nitrogens with one attached hydrogen (secondary N) is 2. The van der Waals surface area contributed by atoms with Crippen LogP contribution in [0.15, 0.2) is 30.5 Å². The molecule has 1 heterocycles. The molecule has 0 aliphatic heterocycles. The molecule has 0 saturated carbocycles. The second-order valence-electron chi connectivity index (χ2n) is 5.36. The van der Waals surface area contributed by atoms with E-state index >= 15 is 0 Å². The normalized spacial score (nSPS) is 11.5. The molecule has 0 bridgehead atoms. The van der Waals surface area contributed by atoms with Gasteiger partial charge < -0.3 is 15.4 Å². The first kappa shape index (κ1) is 20.8. The molecule has 2 aromatic rings. The van der Waals surface area contributed by atoms with Crippen molar-refractivity contribution in [2.45, 2.75) is 32.9 Å². The Balaban J connectivity index is 0.00000220. The maximum atomic E-state index is 5.36. The summed E-state index contributed by atoms with van der Waals surface area (Å²) >= 11 is 0. The van der Waals surface area contributed by atoms with Crippen LogP contribution in [-0.4, -0.2) is 30.7 Å². The summed E-state index contributed by atoms with van der Waals surface area (Å²) in [5.74, 6) is 0.844. The first-order chi connectivity index (χ1) is 9.60. The third kappa shape index (κ3) is 5.52. The molecule has 2 rings (SSSR count). The van der Waals surface area contributed by atoms with Gasteiger partial charge in [0.2, 0.25) is 0 Å². The Morgan fingerprint density at radius 3 is 2.55 bits per heavy atom. The van der Waals surface area contributed by atoms with E-state index in [9.17, 15) is 0 Å². The molecule has 1 atom stereocenters. The topological polar surface area (TPSA) is 46.2 Å². The summed E-state index contributed by atoms with van der Waals surface area (Å²) in [5.41, 5.74) is 1.99. The van der Waals surface area contributed by atoms with E-state index in [1.807, 2.05) is 30.5 Å². The number of ether oxygens (including phenoxy) is 1. The second-order valence-corrected chi connectivity index (χ2v) is 5.36. The van der Waals surface area contributed by atoms with Crippen molar-refractivity contribution in [2.75, 3.05) is 19.0 Å². The van der Waals surface area contributed by atoms with Crippen LogP contribution in [0.2, 0.25) is 0 Å². The highest BCUT2D eigenvalue weighted by Gasteiger charge is 2.09. The highest BCUT2D eigenvalue weighted by molar-refractivity contribution is 5.91. The molecule has 124 valence electrons. The van der Waals surface area contributed by atoms with E-state index in [0.29, 0.717) is 12.1 Å². The van der Waals surface area contributed by atoms with Gasteiger partial charge in [-0.3, -0.25) is 4.98 Å². The highest BCUT2D eigenvalue weighted by Crippen LogP contribution is 2.28. The fourth-order valence-corrected chi connectivity index (χ4v) is 2.12. The number of aromatic nitrogens is 1. The van der Waals surface area contributed by atoms with Crippen LogP contribution < -0.4 is 15.4 Å². The SMILES string of the molecule is COc1cc(NC(C)CNC(C)C)c2ncccc2c1.Cl.Cl. The van der Waals surface area contributed by atoms with Crippen molar-refractivity contribution in [3.05, 3.63) is 30.5 Å². The van der Waals surface area contributed by atoms with Gasteiger partial charge >= 0.3 is 0 Å². The summed E-state index contributed by atoms with van der Waals surface area (Å²) in [6.45, 7) is 7.36. The Hall–Kier alpha value is -1.23. The number of halogens is 2. The molecule has 0 spiro atoms. The minimum absolute atomic E-state index is 0. The lowest BCUT2D eigenvalue weighted by Crippen LogP contribution is -2.34. The Bertz CT molecular complexity index is 578. The molecule has 0 radical (unpaired) electrons. The lowest BCUT2D eigenvalue weighted by Gasteiger charge is -2.19. The highest BCUT2D eigenvalue weighted by atomic mass is 35.5. The number of nitrogens with zero attached hydrogens (tertiary/aromatic N) is 1. The standard InChI is InChI=1S/C16H23N3O.2ClH/c1-11(2)18-10-12(3)19-15-9-14(20-4)8-13-6-5-7-17-16(13)15;;/h5-9,11-12,18-19H,10H2,1-4H3;2*1H. The molecule has 1 aromatic heterocycles. The average molecular weight is 346 g/mol.